The zero-order chi connectivity index (χ0) is 14.0. The first kappa shape index (κ1) is 13.5. The van der Waals surface area contributed by atoms with Gasteiger partial charge in [-0.05, 0) is 12.1 Å². The maximum Gasteiger partial charge on any atom is 0.132 e. The molecular formula is C15H16ClN3. The number of aromatic nitrogens is 2. The Morgan fingerprint density at radius 3 is 2.79 bits per heavy atom. The van der Waals surface area contributed by atoms with Crippen molar-refractivity contribution in [2.24, 2.45) is 0 Å². The molecule has 1 aromatic heterocycles. The molecule has 0 spiro atoms. The Bertz CT molecular complexity index is 635. The molecule has 0 bridgehead atoms. The van der Waals surface area contributed by atoms with Crippen molar-refractivity contribution < 1.29 is 0 Å². The molecule has 0 aliphatic carbocycles. The molecule has 1 aromatic carbocycles. The third-order valence-corrected chi connectivity index (χ3v) is 3.14. The molecule has 98 valence electrons. The molecule has 2 aromatic rings. The van der Waals surface area contributed by atoms with Crippen LogP contribution in [0, 0.1) is 12.3 Å². The summed E-state index contributed by atoms with van der Waals surface area (Å²) in [4.78, 5) is 4.62. The first-order chi connectivity index (χ1) is 9.04. The number of nitrogen functional groups attached to an aromatic ring is 1. The maximum atomic E-state index is 6.17. The summed E-state index contributed by atoms with van der Waals surface area (Å²) in [6.45, 7) is 4.56. The smallest absolute Gasteiger partial charge is 0.132 e. The fraction of sp³-hybridized carbons (Fsp3) is 0.267. The minimum absolute atomic E-state index is 0.253. The van der Waals surface area contributed by atoms with E-state index in [0.717, 1.165) is 17.1 Å². The zero-order valence-corrected chi connectivity index (χ0v) is 11.8. The van der Waals surface area contributed by atoms with Gasteiger partial charge in [0.2, 0.25) is 0 Å². The van der Waals surface area contributed by atoms with Crippen molar-refractivity contribution in [3.63, 3.8) is 0 Å². The zero-order valence-electron chi connectivity index (χ0n) is 11.0. The second-order valence-electron chi connectivity index (χ2n) is 4.66. The van der Waals surface area contributed by atoms with Crippen LogP contribution in [-0.4, -0.2) is 9.55 Å². The van der Waals surface area contributed by atoms with E-state index in [0.29, 0.717) is 17.4 Å². The first-order valence-corrected chi connectivity index (χ1v) is 6.47. The van der Waals surface area contributed by atoms with Crippen LogP contribution in [0.25, 0.3) is 11.3 Å². The van der Waals surface area contributed by atoms with Gasteiger partial charge < -0.3 is 10.3 Å². The highest BCUT2D eigenvalue weighted by atomic mass is 35.5. The molecule has 3 nitrogen and oxygen atoms in total. The quantitative estimate of drug-likeness (QED) is 0.869. The Morgan fingerprint density at radius 1 is 1.47 bits per heavy atom. The number of nitrogens with zero attached hydrogens (tertiary/aromatic N) is 2. The van der Waals surface area contributed by atoms with Crippen LogP contribution in [0.3, 0.4) is 0 Å². The monoisotopic (exact) mass is 273 g/mol. The second kappa shape index (κ2) is 5.38. The Morgan fingerprint density at radius 2 is 2.21 bits per heavy atom. The van der Waals surface area contributed by atoms with Crippen molar-refractivity contribution in [2.45, 2.75) is 26.3 Å². The maximum absolute atomic E-state index is 6.17. The number of nitrogens with two attached hydrogens (primary N) is 1. The van der Waals surface area contributed by atoms with Crippen LogP contribution in [0.4, 0.5) is 5.82 Å². The van der Waals surface area contributed by atoms with Crippen molar-refractivity contribution in [1.29, 1.82) is 0 Å². The number of terminal acetylenes is 1. The summed E-state index contributed by atoms with van der Waals surface area (Å²) in [5, 5.41) is 0.662. The van der Waals surface area contributed by atoms with Crippen molar-refractivity contribution in [3.8, 4) is 23.6 Å². The minimum atomic E-state index is 0.253. The average molecular weight is 274 g/mol. The summed E-state index contributed by atoms with van der Waals surface area (Å²) in [6, 6.07) is 7.49. The van der Waals surface area contributed by atoms with E-state index in [4.69, 9.17) is 23.8 Å². The van der Waals surface area contributed by atoms with E-state index in [1.54, 1.807) is 0 Å². The average Bonchev–Trinajstić information content (AvgIpc) is 2.68. The molecule has 0 fully saturated rings. The van der Waals surface area contributed by atoms with Crippen LogP contribution in [-0.2, 0) is 6.54 Å². The predicted octanol–water partition coefficient (Wildman–Crippen LogP) is 3.54. The molecule has 0 amide bonds. The van der Waals surface area contributed by atoms with Crippen molar-refractivity contribution in [1.82, 2.24) is 9.55 Å². The minimum Gasteiger partial charge on any atom is -0.383 e. The summed E-state index contributed by atoms with van der Waals surface area (Å²) < 4.78 is 1.88. The van der Waals surface area contributed by atoms with Gasteiger partial charge in [0.05, 0.1) is 6.54 Å². The van der Waals surface area contributed by atoms with Crippen LogP contribution in [0.1, 0.15) is 25.6 Å². The van der Waals surface area contributed by atoms with Crippen LogP contribution in [0.15, 0.2) is 24.3 Å². The lowest BCUT2D eigenvalue weighted by atomic mass is 10.1. The number of anilines is 1. The van der Waals surface area contributed by atoms with Gasteiger partial charge in [0.1, 0.15) is 17.3 Å². The Labute approximate surface area is 118 Å². The van der Waals surface area contributed by atoms with Gasteiger partial charge in [-0.1, -0.05) is 43.5 Å². The number of rotatable bonds is 3. The van der Waals surface area contributed by atoms with Crippen molar-refractivity contribution in [3.05, 3.63) is 35.1 Å². The molecule has 4 heteroatoms. The first-order valence-electron chi connectivity index (χ1n) is 6.10. The lowest BCUT2D eigenvalue weighted by Crippen LogP contribution is -2.07. The number of hydrogen-bond acceptors (Lipinski definition) is 2. The predicted molar refractivity (Wildman–Crippen MR) is 80.0 cm³/mol. The normalized spacial score (nSPS) is 10.7. The fourth-order valence-electron chi connectivity index (χ4n) is 2.03. The van der Waals surface area contributed by atoms with Gasteiger partial charge in [0, 0.05) is 16.5 Å². The molecule has 0 saturated heterocycles. The number of benzene rings is 1. The Hall–Kier alpha value is -1.92. The Kier molecular flexibility index (Phi) is 3.82. The van der Waals surface area contributed by atoms with Gasteiger partial charge in [-0.25, -0.2) is 4.98 Å². The molecule has 1 heterocycles. The third kappa shape index (κ3) is 2.59. The number of imidazole rings is 1. The lowest BCUT2D eigenvalue weighted by molar-refractivity contribution is 0.691. The van der Waals surface area contributed by atoms with Crippen LogP contribution >= 0.6 is 11.6 Å². The lowest BCUT2D eigenvalue weighted by Gasteiger charge is -2.08. The molecule has 0 unspecified atom stereocenters. The second-order valence-corrected chi connectivity index (χ2v) is 5.10. The highest BCUT2D eigenvalue weighted by Crippen LogP contribution is 2.30. The summed E-state index contributed by atoms with van der Waals surface area (Å²) in [5.41, 5.74) is 7.81. The van der Waals surface area contributed by atoms with E-state index in [1.165, 1.54) is 0 Å². The highest BCUT2D eigenvalue weighted by Gasteiger charge is 2.17. The SMILES string of the molecule is C#CCn1c(C(C)C)nc(-c2cccc(Cl)c2)c1N. The molecule has 19 heavy (non-hydrogen) atoms. The molecule has 0 atom stereocenters. The standard InChI is InChI=1S/C15H16ClN3/c1-4-8-19-14(17)13(18-15(19)10(2)3)11-6-5-7-12(16)9-11/h1,5-7,9-10H,8,17H2,2-3H3. The molecule has 0 aliphatic rings. The summed E-state index contributed by atoms with van der Waals surface area (Å²) in [7, 11) is 0. The molecule has 0 radical (unpaired) electrons. The molecule has 2 N–H and O–H groups in total. The van der Waals surface area contributed by atoms with E-state index >= 15 is 0 Å². The van der Waals surface area contributed by atoms with E-state index in [9.17, 15) is 0 Å². The molecule has 2 rings (SSSR count). The third-order valence-electron chi connectivity index (χ3n) is 2.90. The molecule has 0 saturated carbocycles. The van der Waals surface area contributed by atoms with Crippen LogP contribution in [0.2, 0.25) is 5.02 Å². The van der Waals surface area contributed by atoms with Gasteiger partial charge in [-0.2, -0.15) is 0 Å². The van der Waals surface area contributed by atoms with Gasteiger partial charge in [0.25, 0.3) is 0 Å². The van der Waals surface area contributed by atoms with Crippen LogP contribution < -0.4 is 5.73 Å². The van der Waals surface area contributed by atoms with Crippen molar-refractivity contribution >= 4 is 17.4 Å². The largest absolute Gasteiger partial charge is 0.383 e. The molecular weight excluding hydrogens is 258 g/mol. The van der Waals surface area contributed by atoms with E-state index < -0.39 is 0 Å². The summed E-state index contributed by atoms with van der Waals surface area (Å²) in [6.07, 6.45) is 5.40. The topological polar surface area (TPSA) is 43.8 Å². The summed E-state index contributed by atoms with van der Waals surface area (Å²) in [5.74, 6) is 4.35. The van der Waals surface area contributed by atoms with Gasteiger partial charge in [0.15, 0.2) is 0 Å². The highest BCUT2D eigenvalue weighted by molar-refractivity contribution is 6.30. The molecule has 0 aliphatic heterocycles. The van der Waals surface area contributed by atoms with Crippen LogP contribution in [0.5, 0.6) is 0 Å². The van der Waals surface area contributed by atoms with E-state index in [2.05, 4.69) is 24.8 Å². The summed E-state index contributed by atoms with van der Waals surface area (Å²) >= 11 is 6.01. The van der Waals surface area contributed by atoms with Gasteiger partial charge in [-0.3, -0.25) is 0 Å². The van der Waals surface area contributed by atoms with Gasteiger partial charge >= 0.3 is 0 Å². The fourth-order valence-corrected chi connectivity index (χ4v) is 2.22. The van der Waals surface area contributed by atoms with Gasteiger partial charge in [-0.15, -0.1) is 6.42 Å². The van der Waals surface area contributed by atoms with Crippen molar-refractivity contribution in [2.75, 3.05) is 5.73 Å². The number of hydrogen-bond donors (Lipinski definition) is 1. The van der Waals surface area contributed by atoms with E-state index in [-0.39, 0.29) is 5.92 Å². The Balaban J connectivity index is 2.59. The van der Waals surface area contributed by atoms with E-state index in [1.807, 2.05) is 28.8 Å². The number of halogens is 1.